The highest BCUT2D eigenvalue weighted by molar-refractivity contribution is 7.90. The van der Waals surface area contributed by atoms with E-state index in [0.717, 1.165) is 12.8 Å². The Labute approximate surface area is 174 Å². The van der Waals surface area contributed by atoms with Crippen molar-refractivity contribution in [2.75, 3.05) is 13.7 Å². The predicted molar refractivity (Wildman–Crippen MR) is 118 cm³/mol. The summed E-state index contributed by atoms with van der Waals surface area (Å²) in [5.74, 6) is 1.22. The average Bonchev–Trinajstić information content (AvgIpc) is 2.75. The number of ether oxygens (including phenoxy) is 2. The lowest BCUT2D eigenvalue weighted by molar-refractivity contribution is 0.284. The SMILES string of the molecule is CCCCCCCCCOc1ccc(/C=N\S(=O)(=O)c2ccccc2)cc1OC. The van der Waals surface area contributed by atoms with Crippen LogP contribution in [0.3, 0.4) is 0 Å². The van der Waals surface area contributed by atoms with Crippen LogP contribution in [0.15, 0.2) is 57.8 Å². The van der Waals surface area contributed by atoms with E-state index < -0.39 is 10.0 Å². The summed E-state index contributed by atoms with van der Waals surface area (Å²) in [7, 11) is -2.15. The van der Waals surface area contributed by atoms with Gasteiger partial charge in [-0.1, -0.05) is 63.6 Å². The summed E-state index contributed by atoms with van der Waals surface area (Å²) >= 11 is 0. The molecule has 0 saturated heterocycles. The van der Waals surface area contributed by atoms with Gasteiger partial charge in [0.15, 0.2) is 11.5 Å². The van der Waals surface area contributed by atoms with Crippen molar-refractivity contribution in [1.82, 2.24) is 0 Å². The second-order valence-electron chi connectivity index (χ2n) is 6.90. The molecule has 0 N–H and O–H groups in total. The Morgan fingerprint density at radius 2 is 1.59 bits per heavy atom. The van der Waals surface area contributed by atoms with Crippen LogP contribution in [0.25, 0.3) is 0 Å². The summed E-state index contributed by atoms with van der Waals surface area (Å²) in [6.07, 6.45) is 9.92. The van der Waals surface area contributed by atoms with Crippen molar-refractivity contribution in [2.45, 2.75) is 56.8 Å². The lowest BCUT2D eigenvalue weighted by atomic mass is 10.1. The third-order valence-corrected chi connectivity index (χ3v) is 5.83. The fourth-order valence-electron chi connectivity index (χ4n) is 2.91. The molecule has 0 aliphatic rings. The maximum Gasteiger partial charge on any atom is 0.282 e. The van der Waals surface area contributed by atoms with E-state index >= 15 is 0 Å². The molecular weight excluding hydrogens is 386 g/mol. The number of nitrogens with zero attached hydrogens (tertiary/aromatic N) is 1. The van der Waals surface area contributed by atoms with Crippen LogP contribution in [0.4, 0.5) is 0 Å². The molecule has 0 aromatic heterocycles. The second kappa shape index (κ2) is 12.3. The Balaban J connectivity index is 1.90. The number of rotatable bonds is 13. The Bertz CT molecular complexity index is 864. The second-order valence-corrected chi connectivity index (χ2v) is 8.54. The zero-order chi connectivity index (χ0) is 21.0. The minimum Gasteiger partial charge on any atom is -0.493 e. The van der Waals surface area contributed by atoms with Crippen LogP contribution in [-0.4, -0.2) is 28.3 Å². The topological polar surface area (TPSA) is 65.0 Å². The summed E-state index contributed by atoms with van der Waals surface area (Å²) in [4.78, 5) is 0.165. The Hall–Kier alpha value is -2.34. The number of hydrogen-bond acceptors (Lipinski definition) is 4. The molecule has 2 rings (SSSR count). The van der Waals surface area contributed by atoms with Crippen LogP contribution in [-0.2, 0) is 10.0 Å². The third-order valence-electron chi connectivity index (χ3n) is 4.57. The van der Waals surface area contributed by atoms with Gasteiger partial charge in [0, 0.05) is 6.21 Å². The first-order chi connectivity index (χ1) is 14.1. The molecule has 29 heavy (non-hydrogen) atoms. The van der Waals surface area contributed by atoms with Crippen molar-refractivity contribution in [3.8, 4) is 11.5 Å². The normalized spacial score (nSPS) is 11.7. The van der Waals surface area contributed by atoms with E-state index in [9.17, 15) is 8.42 Å². The summed E-state index contributed by atoms with van der Waals surface area (Å²) in [5.41, 5.74) is 0.629. The van der Waals surface area contributed by atoms with E-state index in [-0.39, 0.29) is 4.90 Å². The molecule has 0 spiro atoms. The first kappa shape index (κ1) is 22.9. The molecule has 0 saturated carbocycles. The van der Waals surface area contributed by atoms with Gasteiger partial charge in [-0.2, -0.15) is 12.8 Å². The lowest BCUT2D eigenvalue weighted by Crippen LogP contribution is -2.01. The van der Waals surface area contributed by atoms with Crippen molar-refractivity contribution in [2.24, 2.45) is 4.40 Å². The van der Waals surface area contributed by atoms with Gasteiger partial charge in [-0.3, -0.25) is 0 Å². The number of hydrogen-bond donors (Lipinski definition) is 0. The molecule has 0 radical (unpaired) electrons. The number of methoxy groups -OCH3 is 1. The molecule has 0 aliphatic carbocycles. The highest BCUT2D eigenvalue weighted by atomic mass is 32.2. The minimum atomic E-state index is -3.72. The molecule has 2 aromatic carbocycles. The van der Waals surface area contributed by atoms with Crippen LogP contribution in [0.5, 0.6) is 11.5 Å². The van der Waals surface area contributed by atoms with Gasteiger partial charge in [0.2, 0.25) is 0 Å². The molecular formula is C23H31NO4S. The molecule has 0 bridgehead atoms. The first-order valence-corrected chi connectivity index (χ1v) is 11.7. The van der Waals surface area contributed by atoms with E-state index in [4.69, 9.17) is 9.47 Å². The van der Waals surface area contributed by atoms with Crippen LogP contribution in [0.1, 0.15) is 57.4 Å². The van der Waals surface area contributed by atoms with Gasteiger partial charge < -0.3 is 9.47 Å². The highest BCUT2D eigenvalue weighted by Crippen LogP contribution is 2.28. The van der Waals surface area contributed by atoms with Crippen molar-refractivity contribution < 1.29 is 17.9 Å². The van der Waals surface area contributed by atoms with Gasteiger partial charge in [-0.15, -0.1) is 0 Å². The zero-order valence-corrected chi connectivity index (χ0v) is 18.2. The Kier molecular flexibility index (Phi) is 9.71. The smallest absolute Gasteiger partial charge is 0.282 e. The standard InChI is InChI=1S/C23H31NO4S/c1-3-4-5-6-7-8-12-17-28-22-16-15-20(18-23(22)27-2)19-24-29(25,26)21-13-10-9-11-14-21/h9-11,13-16,18-19H,3-8,12,17H2,1-2H3/b24-19-. The first-order valence-electron chi connectivity index (χ1n) is 10.2. The molecule has 2 aromatic rings. The van der Waals surface area contributed by atoms with E-state index in [1.165, 1.54) is 50.5 Å². The predicted octanol–water partition coefficient (Wildman–Crippen LogP) is 5.63. The fourth-order valence-corrected chi connectivity index (χ4v) is 3.79. The van der Waals surface area contributed by atoms with Crippen molar-refractivity contribution in [1.29, 1.82) is 0 Å². The van der Waals surface area contributed by atoms with Crippen LogP contribution in [0, 0.1) is 0 Å². The molecule has 0 aliphatic heterocycles. The fraction of sp³-hybridized carbons (Fsp3) is 0.435. The summed E-state index contributed by atoms with van der Waals surface area (Å²) in [5, 5.41) is 0. The zero-order valence-electron chi connectivity index (χ0n) is 17.3. The quantitative estimate of drug-likeness (QED) is 0.313. The highest BCUT2D eigenvalue weighted by Gasteiger charge is 2.11. The van der Waals surface area contributed by atoms with Gasteiger partial charge >= 0.3 is 0 Å². The molecule has 0 atom stereocenters. The molecule has 0 fully saturated rings. The molecule has 158 valence electrons. The van der Waals surface area contributed by atoms with Crippen molar-refractivity contribution in [3.05, 3.63) is 54.1 Å². The maximum absolute atomic E-state index is 12.3. The van der Waals surface area contributed by atoms with Crippen molar-refractivity contribution in [3.63, 3.8) is 0 Å². The van der Waals surface area contributed by atoms with Crippen LogP contribution in [0.2, 0.25) is 0 Å². The molecule has 0 unspecified atom stereocenters. The summed E-state index contributed by atoms with van der Waals surface area (Å²) in [6.45, 7) is 2.86. The number of benzene rings is 2. The lowest BCUT2D eigenvalue weighted by Gasteiger charge is -2.11. The maximum atomic E-state index is 12.3. The van der Waals surface area contributed by atoms with E-state index in [1.54, 1.807) is 43.5 Å². The van der Waals surface area contributed by atoms with Crippen LogP contribution >= 0.6 is 0 Å². The molecule has 0 heterocycles. The van der Waals surface area contributed by atoms with Crippen LogP contribution < -0.4 is 9.47 Å². The Morgan fingerprint density at radius 3 is 2.28 bits per heavy atom. The molecule has 6 heteroatoms. The largest absolute Gasteiger partial charge is 0.493 e. The van der Waals surface area contributed by atoms with Gasteiger partial charge in [0.05, 0.1) is 18.6 Å². The number of unbranched alkanes of at least 4 members (excludes halogenated alkanes) is 6. The Morgan fingerprint density at radius 1 is 0.897 bits per heavy atom. The molecule has 0 amide bonds. The van der Waals surface area contributed by atoms with E-state index in [1.807, 2.05) is 0 Å². The molecule has 5 nitrogen and oxygen atoms in total. The monoisotopic (exact) mass is 417 g/mol. The summed E-state index contributed by atoms with van der Waals surface area (Å²) in [6, 6.07) is 13.4. The van der Waals surface area contributed by atoms with Gasteiger partial charge in [-0.25, -0.2) is 0 Å². The minimum absolute atomic E-state index is 0.165. The van der Waals surface area contributed by atoms with Crippen molar-refractivity contribution >= 4 is 16.2 Å². The van der Waals surface area contributed by atoms with Gasteiger partial charge in [-0.05, 0) is 42.3 Å². The van der Waals surface area contributed by atoms with Gasteiger partial charge in [0.25, 0.3) is 10.0 Å². The third kappa shape index (κ3) is 7.89. The number of sulfonamides is 1. The van der Waals surface area contributed by atoms with Gasteiger partial charge in [0.1, 0.15) is 0 Å². The van der Waals surface area contributed by atoms with E-state index in [2.05, 4.69) is 11.3 Å². The van der Waals surface area contributed by atoms with E-state index in [0.29, 0.717) is 23.7 Å². The average molecular weight is 418 g/mol. The summed E-state index contributed by atoms with van der Waals surface area (Å²) < 4.78 is 39.5.